The summed E-state index contributed by atoms with van der Waals surface area (Å²) < 4.78 is 5.26. The van der Waals surface area contributed by atoms with Gasteiger partial charge in [0, 0.05) is 6.54 Å². The summed E-state index contributed by atoms with van der Waals surface area (Å²) in [4.78, 5) is 59.5. The highest BCUT2D eigenvalue weighted by atomic mass is 16.6. The molecule has 162 valence electrons. The Kier molecular flexibility index (Phi) is 8.60. The molecule has 0 spiro atoms. The quantitative estimate of drug-likeness (QED) is 0.409. The van der Waals surface area contributed by atoms with Crippen LogP contribution in [0.25, 0.3) is 0 Å². The Labute approximate surface area is 172 Å². The maximum absolute atomic E-state index is 12.4. The number of amides is 4. The number of nitrogens with one attached hydrogen (secondary N) is 3. The van der Waals surface area contributed by atoms with E-state index in [-0.39, 0.29) is 13.2 Å². The average Bonchev–Trinajstić information content (AvgIpc) is 3.23. The lowest BCUT2D eigenvalue weighted by Gasteiger charge is -2.23. The molecule has 0 aliphatic carbocycles. The Hall–Kier alpha value is -3.63. The number of carbonyl (C=O) groups excluding carboxylic acids is 4. The largest absolute Gasteiger partial charge is 0.480 e. The third kappa shape index (κ3) is 7.41. The first-order valence-electron chi connectivity index (χ1n) is 9.37. The number of aliphatic carboxylic acids is 1. The number of hydrogen-bond acceptors (Lipinski definition) is 6. The van der Waals surface area contributed by atoms with Gasteiger partial charge in [-0.25, -0.2) is 4.79 Å². The van der Waals surface area contributed by atoms with Gasteiger partial charge in [0.15, 0.2) is 0 Å². The highest BCUT2D eigenvalue weighted by Gasteiger charge is 2.35. The van der Waals surface area contributed by atoms with E-state index in [2.05, 4.69) is 16.0 Å². The van der Waals surface area contributed by atoms with Crippen LogP contribution in [-0.2, 0) is 30.5 Å². The van der Waals surface area contributed by atoms with Crippen molar-refractivity contribution in [2.75, 3.05) is 26.2 Å². The fourth-order valence-corrected chi connectivity index (χ4v) is 2.82. The summed E-state index contributed by atoms with van der Waals surface area (Å²) in [6.07, 6.45) is 0.482. The predicted molar refractivity (Wildman–Crippen MR) is 103 cm³/mol. The molecule has 1 heterocycles. The monoisotopic (exact) mass is 420 g/mol. The fourth-order valence-electron chi connectivity index (χ4n) is 2.82. The number of carbonyl (C=O) groups is 5. The molecule has 1 atom stereocenters. The van der Waals surface area contributed by atoms with Gasteiger partial charge in [0.25, 0.3) is 0 Å². The smallest absolute Gasteiger partial charge is 0.410 e. The summed E-state index contributed by atoms with van der Waals surface area (Å²) in [5, 5.41) is 15.2. The molecule has 4 amide bonds. The van der Waals surface area contributed by atoms with E-state index in [1.807, 2.05) is 30.3 Å². The van der Waals surface area contributed by atoms with Gasteiger partial charge in [0.1, 0.15) is 19.2 Å². The molecule has 1 aliphatic heterocycles. The second-order valence-electron chi connectivity index (χ2n) is 6.56. The van der Waals surface area contributed by atoms with Crippen molar-refractivity contribution in [3.05, 3.63) is 35.9 Å². The van der Waals surface area contributed by atoms with Crippen molar-refractivity contribution in [3.63, 3.8) is 0 Å². The minimum Gasteiger partial charge on any atom is -0.480 e. The molecule has 1 aromatic rings. The van der Waals surface area contributed by atoms with Crippen LogP contribution in [0.3, 0.4) is 0 Å². The normalized spacial score (nSPS) is 15.2. The van der Waals surface area contributed by atoms with Crippen molar-refractivity contribution >= 4 is 29.8 Å². The molecule has 0 saturated carbocycles. The summed E-state index contributed by atoms with van der Waals surface area (Å²) in [5.41, 5.74) is 0.829. The van der Waals surface area contributed by atoms with Gasteiger partial charge in [-0.3, -0.25) is 24.1 Å². The van der Waals surface area contributed by atoms with E-state index in [0.29, 0.717) is 19.4 Å². The number of hydrogen-bond donors (Lipinski definition) is 4. The summed E-state index contributed by atoms with van der Waals surface area (Å²) in [5.74, 6) is -2.98. The molecule has 0 aromatic heterocycles. The van der Waals surface area contributed by atoms with Crippen molar-refractivity contribution in [2.24, 2.45) is 0 Å². The molecule has 1 fully saturated rings. The van der Waals surface area contributed by atoms with Gasteiger partial charge in [-0.1, -0.05) is 30.3 Å². The fraction of sp³-hybridized carbons (Fsp3) is 0.421. The second kappa shape index (κ2) is 11.4. The molecule has 0 radical (unpaired) electrons. The summed E-state index contributed by atoms with van der Waals surface area (Å²) in [6.45, 7) is -0.875. The van der Waals surface area contributed by atoms with Gasteiger partial charge in [-0.2, -0.15) is 0 Å². The molecule has 1 unspecified atom stereocenters. The Morgan fingerprint density at radius 2 is 1.60 bits per heavy atom. The molecular weight excluding hydrogens is 396 g/mol. The number of rotatable bonds is 9. The highest BCUT2D eigenvalue weighted by molar-refractivity contribution is 5.91. The van der Waals surface area contributed by atoms with Crippen LogP contribution in [0.5, 0.6) is 0 Å². The Morgan fingerprint density at radius 1 is 0.967 bits per heavy atom. The van der Waals surface area contributed by atoms with Gasteiger partial charge < -0.3 is 25.8 Å². The van der Waals surface area contributed by atoms with Gasteiger partial charge in [-0.15, -0.1) is 0 Å². The van der Waals surface area contributed by atoms with Crippen molar-refractivity contribution in [3.8, 4) is 0 Å². The first-order chi connectivity index (χ1) is 14.4. The van der Waals surface area contributed by atoms with Gasteiger partial charge in [0.2, 0.25) is 17.7 Å². The Balaban J connectivity index is 1.73. The van der Waals surface area contributed by atoms with Crippen LogP contribution in [0.4, 0.5) is 4.79 Å². The summed E-state index contributed by atoms with van der Waals surface area (Å²) >= 11 is 0. The zero-order valence-electron chi connectivity index (χ0n) is 16.3. The molecule has 2 rings (SSSR count). The molecule has 0 bridgehead atoms. The number of benzene rings is 1. The van der Waals surface area contributed by atoms with Crippen molar-refractivity contribution in [1.29, 1.82) is 0 Å². The maximum Gasteiger partial charge on any atom is 0.410 e. The second-order valence-corrected chi connectivity index (χ2v) is 6.56. The first kappa shape index (κ1) is 22.7. The Bertz CT molecular complexity index is 784. The lowest BCUT2D eigenvalue weighted by Crippen LogP contribution is -2.49. The van der Waals surface area contributed by atoms with E-state index in [0.717, 1.165) is 5.56 Å². The van der Waals surface area contributed by atoms with Crippen molar-refractivity contribution in [1.82, 2.24) is 20.9 Å². The Morgan fingerprint density at radius 3 is 2.27 bits per heavy atom. The SMILES string of the molecule is O=C(O)CNC(=O)CNC(=O)CNC(=O)C1CCCN1C(=O)OCc1ccccc1. The molecule has 11 heteroatoms. The molecule has 1 aliphatic rings. The highest BCUT2D eigenvalue weighted by Crippen LogP contribution is 2.19. The van der Waals surface area contributed by atoms with E-state index in [1.165, 1.54) is 4.90 Å². The minimum atomic E-state index is -1.20. The summed E-state index contributed by atoms with van der Waals surface area (Å²) in [6, 6.07) is 8.42. The van der Waals surface area contributed by atoms with Crippen LogP contribution in [0.1, 0.15) is 18.4 Å². The molecule has 1 aromatic carbocycles. The van der Waals surface area contributed by atoms with Gasteiger partial charge in [0.05, 0.1) is 13.1 Å². The van der Waals surface area contributed by atoms with Crippen LogP contribution >= 0.6 is 0 Å². The third-order valence-electron chi connectivity index (χ3n) is 4.30. The molecule has 1 saturated heterocycles. The van der Waals surface area contributed by atoms with Gasteiger partial charge in [-0.05, 0) is 18.4 Å². The third-order valence-corrected chi connectivity index (χ3v) is 4.30. The van der Waals surface area contributed by atoms with Crippen LogP contribution in [-0.4, -0.2) is 72.0 Å². The number of carboxylic acids is 1. The van der Waals surface area contributed by atoms with Crippen LogP contribution < -0.4 is 16.0 Å². The van der Waals surface area contributed by atoms with Crippen LogP contribution in [0.15, 0.2) is 30.3 Å². The topological polar surface area (TPSA) is 154 Å². The van der Waals surface area contributed by atoms with E-state index in [1.54, 1.807) is 0 Å². The number of ether oxygens (including phenoxy) is 1. The van der Waals surface area contributed by atoms with Crippen molar-refractivity contribution < 1.29 is 33.8 Å². The standard InChI is InChI=1S/C19H24N4O7/c24-15(21-11-17(26)27)9-20-16(25)10-22-18(28)14-7-4-8-23(14)19(29)30-12-13-5-2-1-3-6-13/h1-3,5-6,14H,4,7-12H2,(H,20,25)(H,21,24)(H,22,28)(H,26,27). The average molecular weight is 420 g/mol. The van der Waals surface area contributed by atoms with E-state index >= 15 is 0 Å². The van der Waals surface area contributed by atoms with Crippen molar-refractivity contribution in [2.45, 2.75) is 25.5 Å². The zero-order chi connectivity index (χ0) is 21.9. The molecule has 11 nitrogen and oxygen atoms in total. The zero-order valence-corrected chi connectivity index (χ0v) is 16.3. The number of likely N-dealkylation sites (tertiary alicyclic amines) is 1. The van der Waals surface area contributed by atoms with E-state index in [9.17, 15) is 24.0 Å². The summed E-state index contributed by atoms with van der Waals surface area (Å²) in [7, 11) is 0. The first-order valence-corrected chi connectivity index (χ1v) is 9.37. The molecule has 30 heavy (non-hydrogen) atoms. The van der Waals surface area contributed by atoms with E-state index < -0.39 is 48.9 Å². The molecular formula is C19H24N4O7. The minimum absolute atomic E-state index is 0.0941. The maximum atomic E-state index is 12.4. The molecule has 4 N–H and O–H groups in total. The number of nitrogens with zero attached hydrogens (tertiary/aromatic N) is 1. The lowest BCUT2D eigenvalue weighted by molar-refractivity contribution is -0.137. The van der Waals surface area contributed by atoms with Crippen LogP contribution in [0.2, 0.25) is 0 Å². The van der Waals surface area contributed by atoms with Gasteiger partial charge >= 0.3 is 12.1 Å². The predicted octanol–water partition coefficient (Wildman–Crippen LogP) is -0.779. The lowest BCUT2D eigenvalue weighted by atomic mass is 10.2. The van der Waals surface area contributed by atoms with E-state index in [4.69, 9.17) is 9.84 Å². The number of carboxylic acid groups (broad SMARTS) is 1. The van der Waals surface area contributed by atoms with Crippen LogP contribution in [0, 0.1) is 0 Å².